The molecule has 0 spiro atoms. The monoisotopic (exact) mass is 262 g/mol. The number of halogens is 1. The minimum absolute atomic E-state index is 0.0335. The molecule has 0 saturated heterocycles. The molecule has 90 valence electrons. The predicted molar refractivity (Wildman–Crippen MR) is 66.7 cm³/mol. The van der Waals surface area contributed by atoms with Gasteiger partial charge in [-0.2, -0.15) is 0 Å². The van der Waals surface area contributed by atoms with Gasteiger partial charge in [0, 0.05) is 16.6 Å². The molecule has 0 unspecified atom stereocenters. The smallest absolute Gasteiger partial charge is 0.419 e. The number of nitrogens with one attached hydrogen (secondary N) is 1. The number of hydrogen-bond acceptors (Lipinski definition) is 4. The molecule has 0 aliphatic heterocycles. The van der Waals surface area contributed by atoms with Crippen molar-refractivity contribution in [3.05, 3.63) is 46.0 Å². The van der Waals surface area contributed by atoms with Crippen molar-refractivity contribution < 1.29 is 9.52 Å². The first kappa shape index (κ1) is 10.9. The Morgan fingerprint density at radius 2 is 2.22 bits per heavy atom. The van der Waals surface area contributed by atoms with Crippen LogP contribution in [0.4, 0.5) is 0 Å². The Hall–Kier alpha value is -2.27. The summed E-state index contributed by atoms with van der Waals surface area (Å²) in [5.74, 6) is -1.04. The molecule has 0 amide bonds. The highest BCUT2D eigenvalue weighted by molar-refractivity contribution is 6.31. The lowest BCUT2D eigenvalue weighted by Crippen LogP contribution is -1.93. The standard InChI is InChI=1S/C12H7ClN2O3/c13-7-4-6-2-1-3-14-9(6)8(5-7)10-11(16)15-12(17)18-10/h1-5,16H,(H,15,17). The molecule has 0 saturated carbocycles. The van der Waals surface area contributed by atoms with E-state index in [1.165, 1.54) is 0 Å². The third kappa shape index (κ3) is 1.65. The molecule has 6 heteroatoms. The van der Waals surface area contributed by atoms with Gasteiger partial charge in [-0.05, 0) is 18.2 Å². The fourth-order valence-corrected chi connectivity index (χ4v) is 2.06. The van der Waals surface area contributed by atoms with Crippen LogP contribution in [0.2, 0.25) is 5.02 Å². The number of nitrogens with zero attached hydrogens (tertiary/aromatic N) is 1. The van der Waals surface area contributed by atoms with Crippen LogP contribution in [0.1, 0.15) is 0 Å². The maximum Gasteiger partial charge on any atom is 0.419 e. The summed E-state index contributed by atoms with van der Waals surface area (Å²) in [4.78, 5) is 17.4. The molecule has 0 fully saturated rings. The summed E-state index contributed by atoms with van der Waals surface area (Å²) in [6.07, 6.45) is 1.61. The summed E-state index contributed by atoms with van der Waals surface area (Å²) < 4.78 is 4.90. The molecule has 3 rings (SSSR count). The van der Waals surface area contributed by atoms with Crippen molar-refractivity contribution in [2.75, 3.05) is 0 Å². The van der Waals surface area contributed by atoms with Crippen LogP contribution in [0.3, 0.4) is 0 Å². The lowest BCUT2D eigenvalue weighted by molar-refractivity contribution is 0.453. The van der Waals surface area contributed by atoms with E-state index in [2.05, 4.69) is 9.97 Å². The maximum absolute atomic E-state index is 11.1. The third-order valence-electron chi connectivity index (χ3n) is 2.54. The van der Waals surface area contributed by atoms with E-state index in [0.29, 0.717) is 16.1 Å². The Balaban J connectivity index is 2.41. The van der Waals surface area contributed by atoms with Crippen molar-refractivity contribution in [2.24, 2.45) is 0 Å². The van der Waals surface area contributed by atoms with Gasteiger partial charge in [-0.15, -0.1) is 0 Å². The highest BCUT2D eigenvalue weighted by Gasteiger charge is 2.16. The van der Waals surface area contributed by atoms with Gasteiger partial charge in [0.2, 0.25) is 11.6 Å². The number of benzene rings is 1. The summed E-state index contributed by atoms with van der Waals surface area (Å²) in [6, 6.07) is 6.94. The first-order valence-electron chi connectivity index (χ1n) is 5.12. The average molecular weight is 263 g/mol. The largest absolute Gasteiger partial charge is 0.492 e. The molecular weight excluding hydrogens is 256 g/mol. The SMILES string of the molecule is O=c1[nH]c(O)c(-c2cc(Cl)cc3cccnc23)o1. The molecule has 3 aromatic rings. The average Bonchev–Trinajstić information content (AvgIpc) is 2.67. The second kappa shape index (κ2) is 3.89. The molecule has 0 bridgehead atoms. The van der Waals surface area contributed by atoms with E-state index in [-0.39, 0.29) is 11.6 Å². The van der Waals surface area contributed by atoms with Crippen molar-refractivity contribution in [3.63, 3.8) is 0 Å². The molecule has 2 N–H and O–H groups in total. The molecule has 0 atom stereocenters. The van der Waals surface area contributed by atoms with Gasteiger partial charge in [-0.3, -0.25) is 9.97 Å². The van der Waals surface area contributed by atoms with Crippen LogP contribution in [-0.2, 0) is 0 Å². The van der Waals surface area contributed by atoms with Crippen LogP contribution in [0, 0.1) is 0 Å². The van der Waals surface area contributed by atoms with E-state index in [4.69, 9.17) is 16.0 Å². The Morgan fingerprint density at radius 3 is 2.94 bits per heavy atom. The second-order valence-electron chi connectivity index (χ2n) is 3.72. The summed E-state index contributed by atoms with van der Waals surface area (Å²) in [5.41, 5.74) is 1.06. The maximum atomic E-state index is 11.1. The molecule has 0 aliphatic carbocycles. The van der Waals surface area contributed by atoms with Gasteiger partial charge in [0.1, 0.15) is 0 Å². The number of hydrogen-bond donors (Lipinski definition) is 2. The van der Waals surface area contributed by atoms with Gasteiger partial charge >= 0.3 is 5.76 Å². The van der Waals surface area contributed by atoms with Gasteiger partial charge in [-0.1, -0.05) is 17.7 Å². The number of H-pyrrole nitrogens is 1. The fourth-order valence-electron chi connectivity index (χ4n) is 1.83. The summed E-state index contributed by atoms with van der Waals surface area (Å²) in [5, 5.41) is 10.9. The first-order valence-corrected chi connectivity index (χ1v) is 5.49. The first-order chi connectivity index (χ1) is 8.65. The van der Waals surface area contributed by atoms with Crippen LogP contribution < -0.4 is 5.76 Å². The lowest BCUT2D eigenvalue weighted by Gasteiger charge is -2.03. The van der Waals surface area contributed by atoms with Crippen LogP contribution >= 0.6 is 11.6 Å². The number of fused-ring (bicyclic) bond motifs is 1. The molecule has 2 aromatic heterocycles. The molecule has 18 heavy (non-hydrogen) atoms. The highest BCUT2D eigenvalue weighted by Crippen LogP contribution is 2.33. The van der Waals surface area contributed by atoms with Crippen LogP contribution in [0.5, 0.6) is 5.88 Å². The van der Waals surface area contributed by atoms with Gasteiger partial charge < -0.3 is 9.52 Å². The number of aromatic amines is 1. The summed E-state index contributed by atoms with van der Waals surface area (Å²) in [6.45, 7) is 0. The van der Waals surface area contributed by atoms with Crippen molar-refractivity contribution in [2.45, 2.75) is 0 Å². The Labute approximate surface area is 106 Å². The molecule has 1 aromatic carbocycles. The van der Waals surface area contributed by atoms with Crippen molar-refractivity contribution >= 4 is 22.5 Å². The van der Waals surface area contributed by atoms with Gasteiger partial charge in [0.15, 0.2) is 0 Å². The van der Waals surface area contributed by atoms with Crippen molar-refractivity contribution in [3.8, 4) is 17.2 Å². The van der Waals surface area contributed by atoms with Crippen molar-refractivity contribution in [1.29, 1.82) is 0 Å². The van der Waals surface area contributed by atoms with Gasteiger partial charge in [0.25, 0.3) is 0 Å². The second-order valence-corrected chi connectivity index (χ2v) is 4.16. The number of oxazole rings is 1. The Kier molecular flexibility index (Phi) is 2.34. The zero-order valence-electron chi connectivity index (χ0n) is 8.98. The summed E-state index contributed by atoms with van der Waals surface area (Å²) >= 11 is 5.99. The Bertz CT molecular complexity index is 791. The van der Waals surface area contributed by atoms with E-state index in [0.717, 1.165) is 5.39 Å². The number of aromatic nitrogens is 2. The zero-order valence-corrected chi connectivity index (χ0v) is 9.73. The van der Waals surface area contributed by atoms with E-state index in [9.17, 15) is 9.90 Å². The highest BCUT2D eigenvalue weighted by atomic mass is 35.5. The van der Waals surface area contributed by atoms with Gasteiger partial charge in [0.05, 0.1) is 11.1 Å². The molecule has 2 heterocycles. The molecular formula is C12H7ClN2O3. The normalized spacial score (nSPS) is 10.9. The minimum atomic E-state index is -0.730. The van der Waals surface area contributed by atoms with E-state index < -0.39 is 5.76 Å². The van der Waals surface area contributed by atoms with Crippen LogP contribution in [0.15, 0.2) is 39.7 Å². The molecule has 0 radical (unpaired) electrons. The number of pyridine rings is 1. The number of aromatic hydroxyl groups is 1. The summed E-state index contributed by atoms with van der Waals surface area (Å²) in [7, 11) is 0. The molecule has 0 aliphatic rings. The van der Waals surface area contributed by atoms with E-state index in [1.807, 2.05) is 6.07 Å². The Morgan fingerprint density at radius 1 is 1.39 bits per heavy atom. The van der Waals surface area contributed by atoms with Crippen LogP contribution in [-0.4, -0.2) is 15.1 Å². The topological polar surface area (TPSA) is 79.1 Å². The van der Waals surface area contributed by atoms with E-state index >= 15 is 0 Å². The van der Waals surface area contributed by atoms with E-state index in [1.54, 1.807) is 24.4 Å². The third-order valence-corrected chi connectivity index (χ3v) is 2.76. The quantitative estimate of drug-likeness (QED) is 0.706. The number of rotatable bonds is 1. The van der Waals surface area contributed by atoms with Gasteiger partial charge in [-0.25, -0.2) is 4.79 Å². The van der Waals surface area contributed by atoms with Crippen LogP contribution in [0.25, 0.3) is 22.2 Å². The molecule has 5 nitrogen and oxygen atoms in total. The minimum Gasteiger partial charge on any atom is -0.492 e. The fraction of sp³-hybridized carbons (Fsp3) is 0. The zero-order chi connectivity index (χ0) is 12.7. The lowest BCUT2D eigenvalue weighted by atomic mass is 10.1. The van der Waals surface area contributed by atoms with Crippen molar-refractivity contribution in [1.82, 2.24) is 9.97 Å². The predicted octanol–water partition coefficient (Wildman–Crippen LogP) is 2.54.